The van der Waals surface area contributed by atoms with Crippen molar-refractivity contribution in [2.45, 2.75) is 30.3 Å². The number of hydrogen-bond donors (Lipinski definition) is 1. The molecule has 1 unspecified atom stereocenters. The van der Waals surface area contributed by atoms with Crippen molar-refractivity contribution < 1.29 is 18.0 Å². The Morgan fingerprint density at radius 1 is 1.07 bits per heavy atom. The summed E-state index contributed by atoms with van der Waals surface area (Å²) in [6.07, 6.45) is -4.66. The number of aryl methyl sites for hydroxylation is 1. The van der Waals surface area contributed by atoms with E-state index in [-0.39, 0.29) is 16.4 Å². The summed E-state index contributed by atoms with van der Waals surface area (Å²) in [5.74, 6) is -1.53. The molecule has 4 nitrogen and oxygen atoms in total. The maximum absolute atomic E-state index is 13.1. The summed E-state index contributed by atoms with van der Waals surface area (Å²) in [7, 11) is 0. The molecule has 0 aliphatic rings. The summed E-state index contributed by atoms with van der Waals surface area (Å²) >= 11 is 0.973. The van der Waals surface area contributed by atoms with Crippen LogP contribution < -0.4 is 5.32 Å². The van der Waals surface area contributed by atoms with Gasteiger partial charge in [0.25, 0.3) is 0 Å². The van der Waals surface area contributed by atoms with Crippen LogP contribution in [0, 0.1) is 6.92 Å². The second-order valence-electron chi connectivity index (χ2n) is 5.93. The average molecular weight is 391 g/mol. The molecule has 0 radical (unpaired) electrons. The highest BCUT2D eigenvalue weighted by Crippen LogP contribution is 2.33. The number of halogens is 3. The van der Waals surface area contributed by atoms with E-state index in [0.29, 0.717) is 11.1 Å². The fourth-order valence-electron chi connectivity index (χ4n) is 2.43. The number of thioether (sulfide) groups is 1. The van der Waals surface area contributed by atoms with Crippen LogP contribution in [0.5, 0.6) is 0 Å². The summed E-state index contributed by atoms with van der Waals surface area (Å²) in [4.78, 5) is 19.7. The molecule has 0 spiro atoms. The molecule has 1 atom stereocenters. The van der Waals surface area contributed by atoms with E-state index in [4.69, 9.17) is 0 Å². The summed E-state index contributed by atoms with van der Waals surface area (Å²) in [5.41, 5.74) is 1.75. The van der Waals surface area contributed by atoms with E-state index in [9.17, 15) is 18.0 Å². The lowest BCUT2D eigenvalue weighted by molar-refractivity contribution is -0.145. The van der Waals surface area contributed by atoms with Crippen molar-refractivity contribution in [3.8, 4) is 0 Å². The number of para-hydroxylation sites is 2. The number of fused-ring (bicyclic) bond motifs is 1. The number of carbonyl (C=O) groups is 1. The Balaban J connectivity index is 1.89. The number of nitrogens with zero attached hydrogens (tertiary/aromatic N) is 2. The lowest BCUT2D eigenvalue weighted by Gasteiger charge is -2.15. The van der Waals surface area contributed by atoms with Gasteiger partial charge in [0.1, 0.15) is 5.03 Å². The molecule has 1 aromatic heterocycles. The zero-order chi connectivity index (χ0) is 19.6. The van der Waals surface area contributed by atoms with Gasteiger partial charge in [0.05, 0.1) is 10.8 Å². The fourth-order valence-corrected chi connectivity index (χ4v) is 3.37. The van der Waals surface area contributed by atoms with Gasteiger partial charge in [-0.25, -0.2) is 9.97 Å². The molecule has 0 aliphatic carbocycles. The highest BCUT2D eigenvalue weighted by atomic mass is 32.2. The van der Waals surface area contributed by atoms with Crippen molar-refractivity contribution in [2.75, 3.05) is 5.32 Å². The molecular formula is C19H16F3N3OS. The van der Waals surface area contributed by atoms with E-state index >= 15 is 0 Å². The molecular weight excluding hydrogens is 375 g/mol. The molecule has 8 heteroatoms. The number of alkyl halides is 3. The average Bonchev–Trinajstić information content (AvgIpc) is 2.62. The Morgan fingerprint density at radius 3 is 2.44 bits per heavy atom. The van der Waals surface area contributed by atoms with Gasteiger partial charge in [-0.1, -0.05) is 48.2 Å². The van der Waals surface area contributed by atoms with Gasteiger partial charge in [0, 0.05) is 11.1 Å². The van der Waals surface area contributed by atoms with Crippen molar-refractivity contribution >= 4 is 34.3 Å². The monoisotopic (exact) mass is 391 g/mol. The van der Waals surface area contributed by atoms with Gasteiger partial charge in [0.15, 0.2) is 0 Å². The lowest BCUT2D eigenvalue weighted by Crippen LogP contribution is -2.23. The Kier molecular flexibility index (Phi) is 5.36. The zero-order valence-electron chi connectivity index (χ0n) is 14.5. The topological polar surface area (TPSA) is 54.9 Å². The van der Waals surface area contributed by atoms with Crippen molar-refractivity contribution in [3.05, 3.63) is 59.9 Å². The molecule has 0 fully saturated rings. The third kappa shape index (κ3) is 4.39. The third-order valence-corrected chi connectivity index (χ3v) is 4.98. The summed E-state index contributed by atoms with van der Waals surface area (Å²) < 4.78 is 39.3. The number of anilines is 1. The first-order valence-electron chi connectivity index (χ1n) is 8.13. The van der Waals surface area contributed by atoms with E-state index in [1.807, 2.05) is 19.1 Å². The van der Waals surface area contributed by atoms with E-state index in [2.05, 4.69) is 15.3 Å². The number of aromatic nitrogens is 2. The van der Waals surface area contributed by atoms with Crippen LogP contribution in [-0.4, -0.2) is 21.1 Å². The Bertz CT molecular complexity index is 991. The number of benzene rings is 2. The van der Waals surface area contributed by atoms with Crippen LogP contribution in [0.2, 0.25) is 0 Å². The summed E-state index contributed by atoms with van der Waals surface area (Å²) in [6, 6.07) is 13.7. The van der Waals surface area contributed by atoms with Crippen molar-refractivity contribution in [1.29, 1.82) is 0 Å². The van der Waals surface area contributed by atoms with Gasteiger partial charge in [0.2, 0.25) is 11.7 Å². The van der Waals surface area contributed by atoms with Crippen LogP contribution >= 0.6 is 11.8 Å². The van der Waals surface area contributed by atoms with Gasteiger partial charge >= 0.3 is 6.18 Å². The van der Waals surface area contributed by atoms with Crippen LogP contribution in [0.3, 0.4) is 0 Å². The van der Waals surface area contributed by atoms with Crippen LogP contribution in [-0.2, 0) is 11.0 Å². The quantitative estimate of drug-likeness (QED) is 0.498. The minimum atomic E-state index is -4.66. The first-order valence-corrected chi connectivity index (χ1v) is 9.01. The largest absolute Gasteiger partial charge is 0.451 e. The molecule has 1 N–H and O–H groups in total. The lowest BCUT2D eigenvalue weighted by atomic mass is 10.2. The molecule has 0 saturated carbocycles. The Hall–Kier alpha value is -2.61. The molecule has 1 amide bonds. The summed E-state index contributed by atoms with van der Waals surface area (Å²) in [5, 5.41) is 2.75. The van der Waals surface area contributed by atoms with Gasteiger partial charge in [-0.15, -0.1) is 0 Å². The van der Waals surface area contributed by atoms with Crippen LogP contribution in [0.25, 0.3) is 10.9 Å². The first kappa shape index (κ1) is 19.2. The maximum atomic E-state index is 13.1. The first-order chi connectivity index (χ1) is 12.8. The standard InChI is InChI=1S/C19H16F3N3OS/c1-11-7-3-5-9-14(11)23-16(26)12(2)27-17-13-8-4-6-10-15(13)24-18(25-17)19(20,21)22/h3-10,12H,1-2H3,(H,23,26). The van der Waals surface area contributed by atoms with E-state index in [1.165, 1.54) is 6.07 Å². The van der Waals surface area contributed by atoms with Crippen LogP contribution in [0.4, 0.5) is 18.9 Å². The highest BCUT2D eigenvalue weighted by molar-refractivity contribution is 8.00. The number of rotatable bonds is 4. The molecule has 0 saturated heterocycles. The third-order valence-electron chi connectivity index (χ3n) is 3.88. The van der Waals surface area contributed by atoms with E-state index in [1.54, 1.807) is 37.3 Å². The molecule has 1 heterocycles. The van der Waals surface area contributed by atoms with Crippen LogP contribution in [0.15, 0.2) is 53.6 Å². The van der Waals surface area contributed by atoms with Crippen molar-refractivity contribution in [1.82, 2.24) is 9.97 Å². The molecule has 3 rings (SSSR count). The second-order valence-corrected chi connectivity index (χ2v) is 7.26. The van der Waals surface area contributed by atoms with E-state index < -0.39 is 17.3 Å². The predicted octanol–water partition coefficient (Wildman–Crippen LogP) is 5.08. The SMILES string of the molecule is Cc1ccccc1NC(=O)C(C)Sc1nc(C(F)(F)F)nc2ccccc12. The second kappa shape index (κ2) is 7.56. The van der Waals surface area contributed by atoms with Crippen molar-refractivity contribution in [2.24, 2.45) is 0 Å². The Labute approximate surface area is 158 Å². The molecule has 140 valence electrons. The number of hydrogen-bond acceptors (Lipinski definition) is 4. The smallest absolute Gasteiger partial charge is 0.325 e. The molecule has 27 heavy (non-hydrogen) atoms. The normalized spacial score (nSPS) is 12.8. The number of amides is 1. The summed E-state index contributed by atoms with van der Waals surface area (Å²) in [6.45, 7) is 3.49. The van der Waals surface area contributed by atoms with Crippen molar-refractivity contribution in [3.63, 3.8) is 0 Å². The van der Waals surface area contributed by atoms with Gasteiger partial charge in [-0.3, -0.25) is 4.79 Å². The molecule has 0 aliphatic heterocycles. The van der Waals surface area contributed by atoms with Gasteiger partial charge in [-0.2, -0.15) is 13.2 Å². The zero-order valence-corrected chi connectivity index (χ0v) is 15.4. The Morgan fingerprint density at radius 2 is 1.74 bits per heavy atom. The highest BCUT2D eigenvalue weighted by Gasteiger charge is 2.35. The van der Waals surface area contributed by atoms with E-state index in [0.717, 1.165) is 17.3 Å². The number of carbonyl (C=O) groups excluding carboxylic acids is 1. The van der Waals surface area contributed by atoms with Gasteiger partial charge < -0.3 is 5.32 Å². The minimum absolute atomic E-state index is 0.125. The predicted molar refractivity (Wildman–Crippen MR) is 99.7 cm³/mol. The molecule has 0 bridgehead atoms. The van der Waals surface area contributed by atoms with Gasteiger partial charge in [-0.05, 0) is 31.5 Å². The van der Waals surface area contributed by atoms with Crippen LogP contribution in [0.1, 0.15) is 18.3 Å². The fraction of sp³-hybridized carbons (Fsp3) is 0.211. The minimum Gasteiger partial charge on any atom is -0.325 e. The number of nitrogens with one attached hydrogen (secondary N) is 1. The molecule has 3 aromatic rings. The molecule has 2 aromatic carbocycles. The maximum Gasteiger partial charge on any atom is 0.451 e.